The number of benzene rings is 1. The minimum Gasteiger partial charge on any atom is -0.469 e. The van der Waals surface area contributed by atoms with E-state index in [-0.39, 0.29) is 18.0 Å². The topological polar surface area (TPSA) is 55.8 Å². The summed E-state index contributed by atoms with van der Waals surface area (Å²) < 4.78 is 10.3. The number of carbonyl (C=O) groups excluding carboxylic acids is 2. The number of carbonyl (C=O) groups is 2. The molecule has 0 bridgehead atoms. The Hall–Kier alpha value is -2.04. The first-order valence-corrected chi connectivity index (χ1v) is 8.86. The van der Waals surface area contributed by atoms with E-state index in [2.05, 4.69) is 18.2 Å². The largest absolute Gasteiger partial charge is 0.469 e. The summed E-state index contributed by atoms with van der Waals surface area (Å²) in [6.45, 7) is 8.84. The standard InChI is InChI=1S/C20H29NO4/c1-14(18(22)24-5)12-15-6-7-16-8-10-21(11-9-17(16)13-15)19(23)25-20(2,3)4/h6-7,13-14H,8-12H2,1-5H3/t14-/m1/s1. The van der Waals surface area contributed by atoms with Crippen molar-refractivity contribution in [3.05, 3.63) is 34.9 Å². The maximum Gasteiger partial charge on any atom is 0.410 e. The van der Waals surface area contributed by atoms with Gasteiger partial charge in [0.2, 0.25) is 0 Å². The molecule has 5 nitrogen and oxygen atoms in total. The van der Waals surface area contributed by atoms with Gasteiger partial charge in [0.25, 0.3) is 0 Å². The van der Waals surface area contributed by atoms with Gasteiger partial charge in [-0.3, -0.25) is 4.79 Å². The van der Waals surface area contributed by atoms with Crippen molar-refractivity contribution >= 4 is 12.1 Å². The molecule has 1 aliphatic heterocycles. The van der Waals surface area contributed by atoms with Gasteiger partial charge in [-0.2, -0.15) is 0 Å². The lowest BCUT2D eigenvalue weighted by Crippen LogP contribution is -2.38. The highest BCUT2D eigenvalue weighted by Gasteiger charge is 2.24. The van der Waals surface area contributed by atoms with E-state index < -0.39 is 5.60 Å². The van der Waals surface area contributed by atoms with E-state index in [0.717, 1.165) is 18.4 Å². The van der Waals surface area contributed by atoms with Gasteiger partial charge in [0, 0.05) is 13.1 Å². The molecule has 0 spiro atoms. The van der Waals surface area contributed by atoms with Gasteiger partial charge in [-0.15, -0.1) is 0 Å². The third-order valence-electron chi connectivity index (χ3n) is 4.37. The summed E-state index contributed by atoms with van der Waals surface area (Å²) in [6.07, 6.45) is 2.03. The molecule has 0 N–H and O–H groups in total. The lowest BCUT2D eigenvalue weighted by atomic mass is 9.95. The smallest absolute Gasteiger partial charge is 0.410 e. The summed E-state index contributed by atoms with van der Waals surface area (Å²) in [5, 5.41) is 0. The van der Waals surface area contributed by atoms with Crippen LogP contribution in [0.3, 0.4) is 0 Å². The molecular formula is C20H29NO4. The van der Waals surface area contributed by atoms with Crippen LogP contribution in [0, 0.1) is 5.92 Å². The number of hydrogen-bond acceptors (Lipinski definition) is 4. The third kappa shape index (κ3) is 5.48. The van der Waals surface area contributed by atoms with Gasteiger partial charge in [0.1, 0.15) is 5.60 Å². The van der Waals surface area contributed by atoms with Gasteiger partial charge >= 0.3 is 12.1 Å². The highest BCUT2D eigenvalue weighted by molar-refractivity contribution is 5.72. The summed E-state index contributed by atoms with van der Waals surface area (Å²) in [7, 11) is 1.42. The zero-order valence-electron chi connectivity index (χ0n) is 15.9. The summed E-state index contributed by atoms with van der Waals surface area (Å²) in [5.41, 5.74) is 3.16. The predicted molar refractivity (Wildman–Crippen MR) is 96.5 cm³/mol. The Labute approximate surface area is 150 Å². The Morgan fingerprint density at radius 1 is 1.16 bits per heavy atom. The number of ether oxygens (including phenoxy) is 2. The monoisotopic (exact) mass is 347 g/mol. The molecule has 0 saturated heterocycles. The third-order valence-corrected chi connectivity index (χ3v) is 4.37. The van der Waals surface area contributed by atoms with Crippen LogP contribution in [-0.4, -0.2) is 42.8 Å². The minimum absolute atomic E-state index is 0.160. The molecule has 138 valence electrons. The number of hydrogen-bond donors (Lipinski definition) is 0. The predicted octanol–water partition coefficient (Wildman–Crippen LogP) is 3.37. The van der Waals surface area contributed by atoms with Crippen LogP contribution in [0.1, 0.15) is 44.4 Å². The van der Waals surface area contributed by atoms with E-state index in [0.29, 0.717) is 19.5 Å². The molecular weight excluding hydrogens is 318 g/mol. The molecule has 2 rings (SSSR count). The molecule has 0 aromatic heterocycles. The zero-order chi connectivity index (χ0) is 18.6. The molecule has 1 amide bonds. The Kier molecular flexibility index (Phi) is 6.09. The average molecular weight is 347 g/mol. The average Bonchev–Trinajstić information content (AvgIpc) is 2.74. The number of amides is 1. The molecule has 1 aromatic rings. The number of nitrogens with zero attached hydrogens (tertiary/aromatic N) is 1. The first-order chi connectivity index (χ1) is 11.7. The first kappa shape index (κ1) is 19.3. The first-order valence-electron chi connectivity index (χ1n) is 8.86. The van der Waals surface area contributed by atoms with Crippen LogP contribution in [0.2, 0.25) is 0 Å². The van der Waals surface area contributed by atoms with Crippen molar-refractivity contribution in [3.8, 4) is 0 Å². The van der Waals surface area contributed by atoms with Crippen molar-refractivity contribution in [1.82, 2.24) is 4.90 Å². The summed E-state index contributed by atoms with van der Waals surface area (Å²) in [5.74, 6) is -0.349. The number of rotatable bonds is 3. The molecule has 0 unspecified atom stereocenters. The van der Waals surface area contributed by atoms with E-state index in [1.807, 2.05) is 27.7 Å². The second-order valence-corrected chi connectivity index (χ2v) is 7.70. The van der Waals surface area contributed by atoms with Crippen molar-refractivity contribution < 1.29 is 19.1 Å². The van der Waals surface area contributed by atoms with Crippen LogP contribution in [0.25, 0.3) is 0 Å². The number of fused-ring (bicyclic) bond motifs is 1. The van der Waals surface area contributed by atoms with Crippen LogP contribution < -0.4 is 0 Å². The van der Waals surface area contributed by atoms with Crippen molar-refractivity contribution in [3.63, 3.8) is 0 Å². The van der Waals surface area contributed by atoms with Crippen molar-refractivity contribution in [1.29, 1.82) is 0 Å². The SMILES string of the molecule is COC(=O)[C@H](C)Cc1ccc2c(c1)CCN(C(=O)OC(C)(C)C)CC2. The van der Waals surface area contributed by atoms with E-state index in [9.17, 15) is 9.59 Å². The lowest BCUT2D eigenvalue weighted by molar-refractivity contribution is -0.144. The maximum atomic E-state index is 12.3. The molecule has 1 heterocycles. The van der Waals surface area contributed by atoms with Crippen molar-refractivity contribution in [2.45, 2.75) is 52.6 Å². The quantitative estimate of drug-likeness (QED) is 0.787. The van der Waals surface area contributed by atoms with Crippen molar-refractivity contribution in [2.75, 3.05) is 20.2 Å². The van der Waals surface area contributed by atoms with Gasteiger partial charge in [0.05, 0.1) is 13.0 Å². The summed E-state index contributed by atoms with van der Waals surface area (Å²) in [6, 6.07) is 6.35. The van der Waals surface area contributed by atoms with Crippen molar-refractivity contribution in [2.24, 2.45) is 5.92 Å². The molecule has 5 heteroatoms. The Bertz CT molecular complexity index is 633. The van der Waals surface area contributed by atoms with Gasteiger partial charge < -0.3 is 14.4 Å². The molecule has 0 aliphatic carbocycles. The summed E-state index contributed by atoms with van der Waals surface area (Å²) in [4.78, 5) is 25.7. The van der Waals surface area contributed by atoms with E-state index >= 15 is 0 Å². The minimum atomic E-state index is -0.479. The fraction of sp³-hybridized carbons (Fsp3) is 0.600. The van der Waals surface area contributed by atoms with Crippen LogP contribution >= 0.6 is 0 Å². The van der Waals surface area contributed by atoms with E-state index in [1.165, 1.54) is 18.2 Å². The molecule has 1 aromatic carbocycles. The fourth-order valence-corrected chi connectivity index (χ4v) is 3.05. The van der Waals surface area contributed by atoms with Crippen LogP contribution in [0.4, 0.5) is 4.79 Å². The molecule has 25 heavy (non-hydrogen) atoms. The highest BCUT2D eigenvalue weighted by atomic mass is 16.6. The summed E-state index contributed by atoms with van der Waals surface area (Å²) >= 11 is 0. The normalized spacial score (nSPS) is 15.8. The molecule has 0 radical (unpaired) electrons. The molecule has 1 aliphatic rings. The van der Waals surface area contributed by atoms with E-state index in [1.54, 1.807) is 4.90 Å². The Balaban J connectivity index is 2.04. The number of esters is 1. The van der Waals surface area contributed by atoms with Gasteiger partial charge in [-0.1, -0.05) is 25.1 Å². The molecule has 1 atom stereocenters. The van der Waals surface area contributed by atoms with E-state index in [4.69, 9.17) is 9.47 Å². The zero-order valence-corrected chi connectivity index (χ0v) is 15.9. The van der Waals surface area contributed by atoms with Crippen LogP contribution in [-0.2, 0) is 33.5 Å². The lowest BCUT2D eigenvalue weighted by Gasteiger charge is -2.26. The molecule has 0 fully saturated rings. The fourth-order valence-electron chi connectivity index (χ4n) is 3.05. The van der Waals surface area contributed by atoms with Crippen LogP contribution in [0.15, 0.2) is 18.2 Å². The molecule has 0 saturated carbocycles. The van der Waals surface area contributed by atoms with Gasteiger partial charge in [-0.05, 0) is 56.7 Å². The Morgan fingerprint density at radius 2 is 1.80 bits per heavy atom. The van der Waals surface area contributed by atoms with Gasteiger partial charge in [-0.25, -0.2) is 4.79 Å². The maximum absolute atomic E-state index is 12.3. The second kappa shape index (κ2) is 7.89. The Morgan fingerprint density at radius 3 is 2.40 bits per heavy atom. The number of methoxy groups -OCH3 is 1. The van der Waals surface area contributed by atoms with Crippen LogP contribution in [0.5, 0.6) is 0 Å². The van der Waals surface area contributed by atoms with Gasteiger partial charge in [0.15, 0.2) is 0 Å². The highest BCUT2D eigenvalue weighted by Crippen LogP contribution is 2.21. The second-order valence-electron chi connectivity index (χ2n) is 7.70.